The van der Waals surface area contributed by atoms with E-state index in [4.69, 9.17) is 15.2 Å². The lowest BCUT2D eigenvalue weighted by Gasteiger charge is -2.08. The van der Waals surface area contributed by atoms with E-state index in [0.717, 1.165) is 28.4 Å². The number of ether oxygens (including phenoxy) is 2. The molecule has 1 aromatic heterocycles. The lowest BCUT2D eigenvalue weighted by atomic mass is 10.2. The number of thiazole rings is 1. The first-order valence-electron chi connectivity index (χ1n) is 6.08. The number of nitrogens with zero attached hydrogens (tertiary/aromatic N) is 1. The Morgan fingerprint density at radius 2 is 1.81 bits per heavy atom. The number of hydrogen-bond acceptors (Lipinski definition) is 5. The minimum absolute atomic E-state index is 0. The molecule has 0 spiro atoms. The second-order valence-corrected chi connectivity index (χ2v) is 5.22. The fourth-order valence-electron chi connectivity index (χ4n) is 1.88. The zero-order valence-corrected chi connectivity index (χ0v) is 14.7. The lowest BCUT2D eigenvalue weighted by Crippen LogP contribution is -2.01. The van der Waals surface area contributed by atoms with Gasteiger partial charge >= 0.3 is 0 Å². The summed E-state index contributed by atoms with van der Waals surface area (Å²) in [7, 11) is 3.26. The molecular weight excluding hydrogens is 331 g/mol. The Morgan fingerprint density at radius 3 is 2.38 bits per heavy atom. The molecule has 1 heterocycles. The molecule has 2 aromatic rings. The van der Waals surface area contributed by atoms with Crippen LogP contribution in [0.4, 0.5) is 0 Å². The van der Waals surface area contributed by atoms with Crippen LogP contribution in [0.3, 0.4) is 0 Å². The van der Waals surface area contributed by atoms with Crippen LogP contribution < -0.4 is 15.2 Å². The van der Waals surface area contributed by atoms with Crippen LogP contribution in [0.15, 0.2) is 18.2 Å². The van der Waals surface area contributed by atoms with Crippen molar-refractivity contribution in [3.05, 3.63) is 28.8 Å². The van der Waals surface area contributed by atoms with Crippen molar-refractivity contribution in [2.75, 3.05) is 20.8 Å². The van der Waals surface area contributed by atoms with Crippen molar-refractivity contribution in [2.45, 2.75) is 13.3 Å². The predicted molar refractivity (Wildman–Crippen MR) is 92.6 cm³/mol. The highest BCUT2D eigenvalue weighted by Gasteiger charge is 2.11. The maximum Gasteiger partial charge on any atom is 0.161 e. The largest absolute Gasteiger partial charge is 0.493 e. The van der Waals surface area contributed by atoms with Gasteiger partial charge in [-0.2, -0.15) is 0 Å². The van der Waals surface area contributed by atoms with Gasteiger partial charge in [0.05, 0.1) is 19.9 Å². The average Bonchev–Trinajstić information content (AvgIpc) is 2.80. The number of aryl methyl sites for hydroxylation is 1. The van der Waals surface area contributed by atoms with E-state index in [-0.39, 0.29) is 24.8 Å². The normalized spacial score (nSPS) is 9.52. The van der Waals surface area contributed by atoms with Gasteiger partial charge in [-0.25, -0.2) is 4.98 Å². The van der Waals surface area contributed by atoms with Gasteiger partial charge in [-0.1, -0.05) is 0 Å². The molecule has 0 aliphatic heterocycles. The zero-order chi connectivity index (χ0) is 13.8. The molecule has 2 N–H and O–H groups in total. The van der Waals surface area contributed by atoms with E-state index in [0.29, 0.717) is 12.3 Å². The Kier molecular flexibility index (Phi) is 8.66. The fourth-order valence-corrected chi connectivity index (χ4v) is 2.96. The van der Waals surface area contributed by atoms with Gasteiger partial charge in [0, 0.05) is 10.4 Å². The van der Waals surface area contributed by atoms with Crippen molar-refractivity contribution in [3.8, 4) is 22.1 Å². The lowest BCUT2D eigenvalue weighted by molar-refractivity contribution is 0.355. The van der Waals surface area contributed by atoms with Gasteiger partial charge in [0.15, 0.2) is 11.5 Å². The van der Waals surface area contributed by atoms with Gasteiger partial charge in [0.1, 0.15) is 5.01 Å². The number of halogens is 2. The van der Waals surface area contributed by atoms with Crippen LogP contribution >= 0.6 is 36.2 Å². The first-order valence-corrected chi connectivity index (χ1v) is 6.90. The van der Waals surface area contributed by atoms with E-state index in [1.165, 1.54) is 4.88 Å². The van der Waals surface area contributed by atoms with Crippen LogP contribution in [0.25, 0.3) is 10.6 Å². The van der Waals surface area contributed by atoms with Crippen molar-refractivity contribution < 1.29 is 9.47 Å². The van der Waals surface area contributed by atoms with Gasteiger partial charge in [0.2, 0.25) is 0 Å². The Labute approximate surface area is 141 Å². The van der Waals surface area contributed by atoms with Crippen LogP contribution in [0.1, 0.15) is 10.6 Å². The average molecular weight is 351 g/mol. The summed E-state index contributed by atoms with van der Waals surface area (Å²) in [5.74, 6) is 1.44. The molecule has 118 valence electrons. The van der Waals surface area contributed by atoms with E-state index in [1.807, 2.05) is 25.1 Å². The second kappa shape index (κ2) is 9.10. The van der Waals surface area contributed by atoms with E-state index in [9.17, 15) is 0 Å². The minimum atomic E-state index is 0. The predicted octanol–water partition coefficient (Wildman–Crippen LogP) is 3.48. The summed E-state index contributed by atoms with van der Waals surface area (Å²) in [6, 6.07) is 5.84. The number of hydrogen-bond donors (Lipinski definition) is 1. The molecular formula is C14H20Cl2N2O2S. The number of benzene rings is 1. The molecule has 0 aliphatic carbocycles. The van der Waals surface area contributed by atoms with Crippen LogP contribution in [-0.2, 0) is 6.42 Å². The van der Waals surface area contributed by atoms with Gasteiger partial charge < -0.3 is 15.2 Å². The van der Waals surface area contributed by atoms with Crippen LogP contribution in [0.2, 0.25) is 0 Å². The molecule has 0 aliphatic rings. The summed E-state index contributed by atoms with van der Waals surface area (Å²) in [6.45, 7) is 2.67. The molecule has 0 unspecified atom stereocenters. The number of methoxy groups -OCH3 is 2. The van der Waals surface area contributed by atoms with E-state index in [2.05, 4.69) is 4.98 Å². The monoisotopic (exact) mass is 350 g/mol. The molecule has 4 nitrogen and oxygen atoms in total. The molecule has 0 radical (unpaired) electrons. The quantitative estimate of drug-likeness (QED) is 0.896. The maximum absolute atomic E-state index is 5.60. The number of rotatable bonds is 5. The van der Waals surface area contributed by atoms with Gasteiger partial charge in [-0.3, -0.25) is 0 Å². The molecule has 0 amide bonds. The maximum atomic E-state index is 5.60. The molecule has 0 fully saturated rings. The van der Waals surface area contributed by atoms with Crippen molar-refractivity contribution >= 4 is 36.2 Å². The smallest absolute Gasteiger partial charge is 0.161 e. The van der Waals surface area contributed by atoms with Crippen molar-refractivity contribution in [3.63, 3.8) is 0 Å². The standard InChI is InChI=1S/C14H18N2O2S.2ClH/c1-9-13(6-7-15)19-14(16-9)10-4-5-11(17-2)12(8-10)18-3;;/h4-5,8H,6-7,15H2,1-3H3;2*1H. The molecule has 2 rings (SSSR count). The third-order valence-corrected chi connectivity index (χ3v) is 4.16. The number of nitrogens with two attached hydrogens (primary N) is 1. The summed E-state index contributed by atoms with van der Waals surface area (Å²) >= 11 is 1.68. The Balaban J connectivity index is 0.00000200. The topological polar surface area (TPSA) is 57.4 Å². The van der Waals surface area contributed by atoms with E-state index >= 15 is 0 Å². The second-order valence-electron chi connectivity index (χ2n) is 4.14. The highest BCUT2D eigenvalue weighted by atomic mass is 35.5. The Bertz CT molecular complexity index is 576. The van der Waals surface area contributed by atoms with Gasteiger partial charge in [0.25, 0.3) is 0 Å². The van der Waals surface area contributed by atoms with E-state index < -0.39 is 0 Å². The summed E-state index contributed by atoms with van der Waals surface area (Å²) in [4.78, 5) is 5.84. The molecule has 0 bridgehead atoms. The summed E-state index contributed by atoms with van der Waals surface area (Å²) in [5, 5.41) is 0.988. The molecule has 7 heteroatoms. The minimum Gasteiger partial charge on any atom is -0.493 e. The van der Waals surface area contributed by atoms with Crippen molar-refractivity contribution in [2.24, 2.45) is 5.73 Å². The van der Waals surface area contributed by atoms with Gasteiger partial charge in [-0.05, 0) is 38.1 Å². The summed E-state index contributed by atoms with van der Waals surface area (Å²) < 4.78 is 10.6. The van der Waals surface area contributed by atoms with Crippen molar-refractivity contribution in [1.29, 1.82) is 0 Å². The van der Waals surface area contributed by atoms with Crippen LogP contribution in [-0.4, -0.2) is 25.7 Å². The molecule has 0 saturated carbocycles. The fraction of sp³-hybridized carbons (Fsp3) is 0.357. The van der Waals surface area contributed by atoms with Gasteiger partial charge in [-0.15, -0.1) is 36.2 Å². The summed E-state index contributed by atoms with van der Waals surface area (Å²) in [5.41, 5.74) is 7.70. The Hall–Kier alpha value is -1.01. The summed E-state index contributed by atoms with van der Waals surface area (Å²) in [6.07, 6.45) is 0.872. The molecule has 0 saturated heterocycles. The third-order valence-electron chi connectivity index (χ3n) is 2.89. The Morgan fingerprint density at radius 1 is 1.14 bits per heavy atom. The van der Waals surface area contributed by atoms with Crippen molar-refractivity contribution in [1.82, 2.24) is 4.98 Å². The molecule has 21 heavy (non-hydrogen) atoms. The highest BCUT2D eigenvalue weighted by molar-refractivity contribution is 7.15. The van der Waals surface area contributed by atoms with Crippen LogP contribution in [0.5, 0.6) is 11.5 Å². The first kappa shape index (κ1) is 20.0. The zero-order valence-electron chi connectivity index (χ0n) is 12.2. The SMILES string of the molecule is COc1ccc(-c2nc(C)c(CCN)s2)cc1OC.Cl.Cl. The third kappa shape index (κ3) is 4.48. The highest BCUT2D eigenvalue weighted by Crippen LogP contribution is 2.34. The molecule has 0 atom stereocenters. The number of aromatic nitrogens is 1. The molecule has 1 aromatic carbocycles. The first-order chi connectivity index (χ1) is 9.19. The van der Waals surface area contributed by atoms with E-state index in [1.54, 1.807) is 25.6 Å². The van der Waals surface area contributed by atoms with Crippen LogP contribution in [0, 0.1) is 6.92 Å².